The second-order valence-corrected chi connectivity index (χ2v) is 7.70. The first kappa shape index (κ1) is 19.5. The molecule has 2 aromatic carbocycles. The second kappa shape index (κ2) is 7.22. The van der Waals surface area contributed by atoms with Crippen LogP contribution in [0.1, 0.15) is 40.3 Å². The molecular weight excluding hydrogens is 387 g/mol. The Morgan fingerprint density at radius 2 is 1.90 bits per heavy atom. The van der Waals surface area contributed by atoms with Gasteiger partial charge in [0, 0.05) is 11.8 Å². The van der Waals surface area contributed by atoms with Crippen LogP contribution in [0.5, 0.6) is 5.75 Å². The number of aromatic hydroxyl groups is 1. The van der Waals surface area contributed by atoms with Gasteiger partial charge < -0.3 is 5.11 Å². The van der Waals surface area contributed by atoms with Crippen molar-refractivity contribution in [1.29, 1.82) is 0 Å². The minimum Gasteiger partial charge on any atom is -0.507 e. The lowest BCUT2D eigenvalue weighted by atomic mass is 9.74. The number of carbonyl (C=O) groups excluding carboxylic acids is 2. The second-order valence-electron chi connectivity index (χ2n) is 7.70. The highest BCUT2D eigenvalue weighted by molar-refractivity contribution is 6.48. The number of aromatic nitrogens is 2. The molecule has 30 heavy (non-hydrogen) atoms. The largest absolute Gasteiger partial charge is 0.507 e. The average Bonchev–Trinajstić information content (AvgIpc) is 3.11. The molecular formula is C22H19FN4O3. The number of halogens is 1. The molecule has 1 heterocycles. The molecule has 0 fully saturated rings. The number of phenols is 1. The third kappa shape index (κ3) is 3.36. The van der Waals surface area contributed by atoms with Crippen molar-refractivity contribution in [3.8, 4) is 11.4 Å². The van der Waals surface area contributed by atoms with Gasteiger partial charge in [-0.15, -0.1) is 0 Å². The molecule has 1 aliphatic carbocycles. The maximum absolute atomic E-state index is 13.3. The minimum atomic E-state index is -0.687. The molecule has 152 valence electrons. The Balaban J connectivity index is 1.66. The van der Waals surface area contributed by atoms with Gasteiger partial charge in [0.05, 0.1) is 28.7 Å². The number of rotatable bonds is 3. The fourth-order valence-corrected chi connectivity index (χ4v) is 3.51. The van der Waals surface area contributed by atoms with Crippen LogP contribution >= 0.6 is 0 Å². The summed E-state index contributed by atoms with van der Waals surface area (Å²) in [5.74, 6) is -1.48. The normalized spacial score (nSPS) is 16.4. The number of fused-ring (bicyclic) bond motifs is 1. The first-order chi connectivity index (χ1) is 14.3. The van der Waals surface area contributed by atoms with Crippen molar-refractivity contribution in [2.24, 2.45) is 10.5 Å². The quantitative estimate of drug-likeness (QED) is 0.653. The van der Waals surface area contributed by atoms with E-state index in [2.05, 4.69) is 15.6 Å². The van der Waals surface area contributed by atoms with E-state index in [0.29, 0.717) is 23.4 Å². The van der Waals surface area contributed by atoms with Crippen LogP contribution in [0.15, 0.2) is 59.8 Å². The average molecular weight is 406 g/mol. The zero-order valence-corrected chi connectivity index (χ0v) is 16.4. The summed E-state index contributed by atoms with van der Waals surface area (Å²) in [7, 11) is 0. The summed E-state index contributed by atoms with van der Waals surface area (Å²) >= 11 is 0. The molecule has 0 saturated carbocycles. The van der Waals surface area contributed by atoms with E-state index in [9.17, 15) is 19.1 Å². The van der Waals surface area contributed by atoms with Crippen molar-refractivity contribution in [3.63, 3.8) is 0 Å². The van der Waals surface area contributed by atoms with Gasteiger partial charge in [-0.25, -0.2) is 14.5 Å². The topological polar surface area (TPSA) is 96.6 Å². The van der Waals surface area contributed by atoms with Crippen molar-refractivity contribution >= 4 is 17.4 Å². The Kier molecular flexibility index (Phi) is 4.69. The van der Waals surface area contributed by atoms with Crippen molar-refractivity contribution < 1.29 is 19.1 Å². The molecule has 0 radical (unpaired) electrons. The van der Waals surface area contributed by atoms with Gasteiger partial charge in [-0.3, -0.25) is 9.59 Å². The Hall–Kier alpha value is -3.81. The molecule has 2 N–H and O–H groups in total. The van der Waals surface area contributed by atoms with Gasteiger partial charge in [-0.05, 0) is 36.4 Å². The van der Waals surface area contributed by atoms with Gasteiger partial charge in [0.25, 0.3) is 5.91 Å². The highest BCUT2D eigenvalue weighted by atomic mass is 19.1. The third-order valence-corrected chi connectivity index (χ3v) is 5.07. The summed E-state index contributed by atoms with van der Waals surface area (Å²) in [6.07, 6.45) is 1.90. The Morgan fingerprint density at radius 1 is 1.20 bits per heavy atom. The maximum atomic E-state index is 13.3. The molecule has 0 saturated heterocycles. The number of amides is 1. The lowest BCUT2D eigenvalue weighted by Crippen LogP contribution is -2.40. The van der Waals surface area contributed by atoms with Crippen LogP contribution in [0.4, 0.5) is 4.39 Å². The number of hydrogen-bond donors (Lipinski definition) is 2. The van der Waals surface area contributed by atoms with Gasteiger partial charge >= 0.3 is 0 Å². The van der Waals surface area contributed by atoms with Crippen LogP contribution in [-0.4, -0.2) is 32.3 Å². The molecule has 0 atom stereocenters. The number of para-hydroxylation sites is 1. The number of carbonyl (C=O) groups is 2. The number of hydrazone groups is 1. The number of nitrogens with one attached hydrogen (secondary N) is 1. The summed E-state index contributed by atoms with van der Waals surface area (Å²) in [6.45, 7) is 3.70. The van der Waals surface area contributed by atoms with Crippen molar-refractivity contribution in [1.82, 2.24) is 15.2 Å². The number of Topliss-reactive ketones (excluding diaryl/α,β-unsaturated/α-hetero) is 1. The first-order valence-corrected chi connectivity index (χ1v) is 9.32. The summed E-state index contributed by atoms with van der Waals surface area (Å²) in [4.78, 5) is 25.5. The zero-order valence-electron chi connectivity index (χ0n) is 16.4. The summed E-state index contributed by atoms with van der Waals surface area (Å²) in [6, 6.07) is 11.9. The number of phenolic OH excluding ortho intramolecular Hbond substituents is 1. The number of benzene rings is 2. The Bertz CT molecular complexity index is 1180. The van der Waals surface area contributed by atoms with E-state index in [-0.39, 0.29) is 28.6 Å². The monoisotopic (exact) mass is 406 g/mol. The molecule has 3 aromatic rings. The van der Waals surface area contributed by atoms with Crippen LogP contribution in [0.3, 0.4) is 0 Å². The molecule has 1 aliphatic rings. The van der Waals surface area contributed by atoms with E-state index in [1.165, 1.54) is 30.5 Å². The van der Waals surface area contributed by atoms with Crippen LogP contribution in [0.25, 0.3) is 5.69 Å². The van der Waals surface area contributed by atoms with Gasteiger partial charge in [0.15, 0.2) is 0 Å². The lowest BCUT2D eigenvalue weighted by Gasteiger charge is -2.30. The molecule has 1 amide bonds. The van der Waals surface area contributed by atoms with Crippen molar-refractivity contribution in [2.75, 3.05) is 0 Å². The van der Waals surface area contributed by atoms with E-state index in [1.807, 2.05) is 13.8 Å². The number of nitrogens with zero attached hydrogens (tertiary/aromatic N) is 3. The maximum Gasteiger partial charge on any atom is 0.275 e. The summed E-state index contributed by atoms with van der Waals surface area (Å²) in [5.41, 5.74) is 3.67. The van der Waals surface area contributed by atoms with E-state index in [1.54, 1.807) is 28.9 Å². The zero-order chi connectivity index (χ0) is 21.5. The predicted octanol–water partition coefficient (Wildman–Crippen LogP) is 3.27. The van der Waals surface area contributed by atoms with E-state index < -0.39 is 11.3 Å². The highest BCUT2D eigenvalue weighted by Gasteiger charge is 2.40. The number of ketones is 1. The molecule has 0 bridgehead atoms. The fourth-order valence-electron chi connectivity index (χ4n) is 3.51. The lowest BCUT2D eigenvalue weighted by molar-refractivity contribution is 0.0951. The predicted molar refractivity (Wildman–Crippen MR) is 108 cm³/mol. The molecule has 0 aliphatic heterocycles. The van der Waals surface area contributed by atoms with Crippen molar-refractivity contribution in [2.45, 2.75) is 20.3 Å². The van der Waals surface area contributed by atoms with Gasteiger partial charge in [0.1, 0.15) is 17.3 Å². The van der Waals surface area contributed by atoms with Crippen LogP contribution in [0, 0.1) is 11.2 Å². The van der Waals surface area contributed by atoms with E-state index in [0.717, 1.165) is 0 Å². The number of hydrogen-bond acceptors (Lipinski definition) is 5. The van der Waals surface area contributed by atoms with Gasteiger partial charge in [-0.1, -0.05) is 26.0 Å². The fraction of sp³-hybridized carbons (Fsp3) is 0.182. The summed E-state index contributed by atoms with van der Waals surface area (Å²) in [5, 5.41) is 18.2. The van der Waals surface area contributed by atoms with Crippen molar-refractivity contribution in [3.05, 3.63) is 77.4 Å². The van der Waals surface area contributed by atoms with Crippen LogP contribution < -0.4 is 5.43 Å². The summed E-state index contributed by atoms with van der Waals surface area (Å²) < 4.78 is 14.9. The molecule has 1 aromatic heterocycles. The third-order valence-electron chi connectivity index (χ3n) is 5.07. The molecule has 8 heteroatoms. The molecule has 0 unspecified atom stereocenters. The molecule has 0 spiro atoms. The Morgan fingerprint density at radius 3 is 2.60 bits per heavy atom. The molecule has 7 nitrogen and oxygen atoms in total. The smallest absolute Gasteiger partial charge is 0.275 e. The van der Waals surface area contributed by atoms with Crippen LogP contribution in [-0.2, 0) is 6.42 Å². The standard InChI is InChI=1S/C22H19FN4O3/c1-22(2)11-17-16(12-24-27(17)14-9-7-13(23)8-10-14)19(29)20(22)25-26-21(30)15-5-3-4-6-18(15)28/h3-10,12,28H,11H2,1-2H3,(H,26,30)/b25-20-. The SMILES string of the molecule is CC1(C)Cc2c(cnn2-c2ccc(F)cc2)C(=O)/C1=N/NC(=O)c1ccccc1O. The van der Waals surface area contributed by atoms with E-state index >= 15 is 0 Å². The van der Waals surface area contributed by atoms with Crippen LogP contribution in [0.2, 0.25) is 0 Å². The first-order valence-electron chi connectivity index (χ1n) is 9.32. The van der Waals surface area contributed by atoms with Gasteiger partial charge in [-0.2, -0.15) is 10.2 Å². The van der Waals surface area contributed by atoms with E-state index in [4.69, 9.17) is 0 Å². The van der Waals surface area contributed by atoms with Gasteiger partial charge in [0.2, 0.25) is 5.78 Å². The Labute approximate surface area is 171 Å². The molecule has 4 rings (SSSR count). The highest BCUT2D eigenvalue weighted by Crippen LogP contribution is 2.34. The minimum absolute atomic E-state index is 0.0627.